The summed E-state index contributed by atoms with van der Waals surface area (Å²) in [7, 11) is 3.97. The van der Waals surface area contributed by atoms with Crippen LogP contribution in [0.2, 0.25) is 0 Å². The number of para-hydroxylation sites is 1. The Kier molecular flexibility index (Phi) is 6.07. The van der Waals surface area contributed by atoms with Crippen molar-refractivity contribution in [3.63, 3.8) is 0 Å². The van der Waals surface area contributed by atoms with Gasteiger partial charge >= 0.3 is 0 Å². The van der Waals surface area contributed by atoms with Crippen LogP contribution < -0.4 is 15.1 Å². The van der Waals surface area contributed by atoms with Crippen molar-refractivity contribution in [3.05, 3.63) is 54.2 Å². The topological polar surface area (TPSA) is 51.7 Å². The fourth-order valence-corrected chi connectivity index (χ4v) is 3.04. The molecule has 0 unspecified atom stereocenters. The van der Waals surface area contributed by atoms with Crippen LogP contribution in [0.25, 0.3) is 0 Å². The molecule has 0 atom stereocenters. The Morgan fingerprint density at radius 1 is 1.04 bits per heavy atom. The van der Waals surface area contributed by atoms with Gasteiger partial charge in [0, 0.05) is 51.2 Å². The highest BCUT2D eigenvalue weighted by molar-refractivity contribution is 5.94. The summed E-state index contributed by atoms with van der Waals surface area (Å²) in [5.74, 6) is 0.863. The van der Waals surface area contributed by atoms with Crippen LogP contribution in [0.4, 0.5) is 11.5 Å². The third kappa shape index (κ3) is 4.73. The van der Waals surface area contributed by atoms with Gasteiger partial charge in [0.15, 0.2) is 0 Å². The number of nitrogens with zero attached hydrogens (tertiary/aromatic N) is 4. The first kappa shape index (κ1) is 18.2. The highest BCUT2D eigenvalue weighted by Gasteiger charge is 2.18. The average Bonchev–Trinajstić information content (AvgIpc) is 2.68. The van der Waals surface area contributed by atoms with E-state index in [2.05, 4.69) is 44.4 Å². The lowest BCUT2D eigenvalue weighted by molar-refractivity contribution is 0.0950. The number of piperazine rings is 1. The van der Waals surface area contributed by atoms with Gasteiger partial charge in [-0.1, -0.05) is 18.2 Å². The van der Waals surface area contributed by atoms with E-state index < -0.39 is 0 Å². The zero-order valence-electron chi connectivity index (χ0n) is 15.6. The molecular formula is C20H27N5O. The van der Waals surface area contributed by atoms with Gasteiger partial charge in [0.05, 0.1) is 5.56 Å². The zero-order valence-corrected chi connectivity index (χ0v) is 15.6. The Balaban J connectivity index is 1.52. The first-order valence-electron chi connectivity index (χ1n) is 9.07. The number of nitrogens with one attached hydrogen (secondary N) is 1. The van der Waals surface area contributed by atoms with Gasteiger partial charge in [0.2, 0.25) is 0 Å². The molecule has 0 saturated carbocycles. The van der Waals surface area contributed by atoms with Crippen LogP contribution >= 0.6 is 0 Å². The number of carbonyl (C=O) groups is 1. The average molecular weight is 353 g/mol. The summed E-state index contributed by atoms with van der Waals surface area (Å²) >= 11 is 0. The standard InChI is InChI=1S/C20H27N5O/c1-23(2)11-10-21-20(26)17-8-9-19(22-16-17)25-14-12-24(13-15-25)18-6-4-3-5-7-18/h3-9,16H,10-15H2,1-2H3,(H,21,26). The normalized spacial score (nSPS) is 14.6. The van der Waals surface area contributed by atoms with Crippen LogP contribution in [-0.4, -0.2) is 69.2 Å². The second-order valence-corrected chi connectivity index (χ2v) is 6.77. The summed E-state index contributed by atoms with van der Waals surface area (Å²) in [5, 5.41) is 2.91. The predicted octanol–water partition coefficient (Wildman–Crippen LogP) is 1.70. The van der Waals surface area contributed by atoms with Crippen molar-refractivity contribution in [1.82, 2.24) is 15.2 Å². The molecule has 1 amide bonds. The van der Waals surface area contributed by atoms with Crippen molar-refractivity contribution >= 4 is 17.4 Å². The van der Waals surface area contributed by atoms with Gasteiger partial charge in [-0.2, -0.15) is 0 Å². The number of aromatic nitrogens is 1. The number of anilines is 2. The van der Waals surface area contributed by atoms with E-state index in [-0.39, 0.29) is 5.91 Å². The number of hydrogen-bond acceptors (Lipinski definition) is 5. The zero-order chi connectivity index (χ0) is 18.4. The minimum atomic E-state index is -0.0696. The molecule has 1 aromatic carbocycles. The molecule has 6 nitrogen and oxygen atoms in total. The molecule has 1 saturated heterocycles. The summed E-state index contributed by atoms with van der Waals surface area (Å²) in [6.07, 6.45) is 1.67. The van der Waals surface area contributed by atoms with E-state index in [1.54, 1.807) is 6.20 Å². The molecule has 3 rings (SSSR count). The van der Waals surface area contributed by atoms with Gasteiger partial charge in [-0.3, -0.25) is 4.79 Å². The summed E-state index contributed by atoms with van der Waals surface area (Å²) in [6, 6.07) is 14.3. The van der Waals surface area contributed by atoms with Gasteiger partial charge < -0.3 is 20.0 Å². The fraction of sp³-hybridized carbons (Fsp3) is 0.400. The molecule has 6 heteroatoms. The Morgan fingerprint density at radius 3 is 2.35 bits per heavy atom. The smallest absolute Gasteiger partial charge is 0.252 e. The second-order valence-electron chi connectivity index (χ2n) is 6.77. The third-order valence-electron chi connectivity index (χ3n) is 4.58. The van der Waals surface area contributed by atoms with Crippen molar-refractivity contribution < 1.29 is 4.79 Å². The highest BCUT2D eigenvalue weighted by Crippen LogP contribution is 2.19. The Hall–Kier alpha value is -2.60. The Bertz CT molecular complexity index is 694. The van der Waals surface area contributed by atoms with Crippen LogP contribution in [0.5, 0.6) is 0 Å². The van der Waals surface area contributed by atoms with E-state index in [1.165, 1.54) is 5.69 Å². The quantitative estimate of drug-likeness (QED) is 0.857. The van der Waals surface area contributed by atoms with Crippen LogP contribution in [0, 0.1) is 0 Å². The molecule has 0 aliphatic carbocycles. The SMILES string of the molecule is CN(C)CCNC(=O)c1ccc(N2CCN(c3ccccc3)CC2)nc1. The second kappa shape index (κ2) is 8.67. The molecule has 138 valence electrons. The van der Waals surface area contributed by atoms with Gasteiger partial charge in [0.25, 0.3) is 5.91 Å². The van der Waals surface area contributed by atoms with Crippen molar-refractivity contribution in [2.24, 2.45) is 0 Å². The van der Waals surface area contributed by atoms with E-state index in [9.17, 15) is 4.79 Å². The van der Waals surface area contributed by atoms with E-state index in [1.807, 2.05) is 37.2 Å². The molecule has 26 heavy (non-hydrogen) atoms. The van der Waals surface area contributed by atoms with Gasteiger partial charge in [0.1, 0.15) is 5.82 Å². The fourth-order valence-electron chi connectivity index (χ4n) is 3.04. The van der Waals surface area contributed by atoms with Gasteiger partial charge in [-0.25, -0.2) is 4.98 Å². The number of hydrogen-bond donors (Lipinski definition) is 1. The molecule has 1 aliphatic heterocycles. The van der Waals surface area contributed by atoms with Crippen LogP contribution in [0.1, 0.15) is 10.4 Å². The van der Waals surface area contributed by atoms with E-state index >= 15 is 0 Å². The van der Waals surface area contributed by atoms with Crippen molar-refractivity contribution in [2.75, 3.05) is 63.2 Å². The molecular weight excluding hydrogens is 326 g/mol. The molecule has 1 fully saturated rings. The summed E-state index contributed by atoms with van der Waals surface area (Å²) in [4.78, 5) is 23.3. The maximum Gasteiger partial charge on any atom is 0.252 e. The minimum Gasteiger partial charge on any atom is -0.368 e. The molecule has 1 aliphatic rings. The highest BCUT2D eigenvalue weighted by atomic mass is 16.1. The van der Waals surface area contributed by atoms with Crippen molar-refractivity contribution in [2.45, 2.75) is 0 Å². The van der Waals surface area contributed by atoms with Gasteiger partial charge in [-0.15, -0.1) is 0 Å². The lowest BCUT2D eigenvalue weighted by atomic mass is 10.2. The molecule has 2 aromatic rings. The molecule has 2 heterocycles. The number of likely N-dealkylation sites (N-methyl/N-ethyl adjacent to an activating group) is 1. The van der Waals surface area contributed by atoms with Crippen LogP contribution in [-0.2, 0) is 0 Å². The lowest BCUT2D eigenvalue weighted by Crippen LogP contribution is -2.46. The number of benzene rings is 1. The third-order valence-corrected chi connectivity index (χ3v) is 4.58. The molecule has 0 radical (unpaired) electrons. The number of amides is 1. The minimum absolute atomic E-state index is 0.0696. The Labute approximate surface area is 155 Å². The first-order chi connectivity index (χ1) is 12.6. The van der Waals surface area contributed by atoms with Crippen LogP contribution in [0.3, 0.4) is 0 Å². The maximum atomic E-state index is 12.1. The number of pyridine rings is 1. The number of rotatable bonds is 6. The van der Waals surface area contributed by atoms with Crippen molar-refractivity contribution in [1.29, 1.82) is 0 Å². The molecule has 1 aromatic heterocycles. The summed E-state index contributed by atoms with van der Waals surface area (Å²) in [6.45, 7) is 5.25. The van der Waals surface area contributed by atoms with Gasteiger partial charge in [-0.05, 0) is 38.4 Å². The molecule has 0 bridgehead atoms. The van der Waals surface area contributed by atoms with E-state index in [0.29, 0.717) is 12.1 Å². The van der Waals surface area contributed by atoms with Crippen molar-refractivity contribution in [3.8, 4) is 0 Å². The van der Waals surface area contributed by atoms with E-state index in [0.717, 1.165) is 38.5 Å². The first-order valence-corrected chi connectivity index (χ1v) is 9.07. The van der Waals surface area contributed by atoms with E-state index in [4.69, 9.17) is 0 Å². The summed E-state index contributed by atoms with van der Waals surface area (Å²) < 4.78 is 0. The monoisotopic (exact) mass is 353 g/mol. The summed E-state index contributed by atoms with van der Waals surface area (Å²) in [5.41, 5.74) is 1.88. The van der Waals surface area contributed by atoms with Crippen LogP contribution in [0.15, 0.2) is 48.7 Å². The molecule has 0 spiro atoms. The maximum absolute atomic E-state index is 12.1. The predicted molar refractivity (Wildman–Crippen MR) is 106 cm³/mol. The number of carbonyl (C=O) groups excluding carboxylic acids is 1. The molecule has 1 N–H and O–H groups in total. The Morgan fingerprint density at radius 2 is 1.73 bits per heavy atom. The largest absolute Gasteiger partial charge is 0.368 e. The lowest BCUT2D eigenvalue weighted by Gasteiger charge is -2.36.